The smallest absolute Gasteiger partial charge is 0.372 e. The van der Waals surface area contributed by atoms with Gasteiger partial charge in [-0.2, -0.15) is 18.4 Å². The summed E-state index contributed by atoms with van der Waals surface area (Å²) in [7, 11) is 0. The molecule has 7 heteroatoms. The Morgan fingerprint density at radius 2 is 1.79 bits per heavy atom. The number of hydrogen-bond acceptors (Lipinski definition) is 3. The highest BCUT2D eigenvalue weighted by molar-refractivity contribution is 6.09. The molecule has 0 spiro atoms. The maximum Gasteiger partial charge on any atom is 0.416 e. The van der Waals surface area contributed by atoms with Crippen LogP contribution in [0.15, 0.2) is 54.1 Å². The Morgan fingerprint density at radius 1 is 1.11 bits per heavy atom. The Kier molecular flexibility index (Phi) is 5.69. The van der Waals surface area contributed by atoms with Crippen molar-refractivity contribution in [2.75, 3.05) is 23.3 Å². The van der Waals surface area contributed by atoms with Crippen LogP contribution in [-0.2, 0) is 11.0 Å². The number of rotatable bonds is 4. The lowest BCUT2D eigenvalue weighted by Crippen LogP contribution is -2.17. The lowest BCUT2D eigenvalue weighted by Gasteiger charge is -2.17. The molecule has 1 fully saturated rings. The van der Waals surface area contributed by atoms with Gasteiger partial charge in [0, 0.05) is 24.5 Å². The van der Waals surface area contributed by atoms with Gasteiger partial charge >= 0.3 is 6.18 Å². The number of nitrogens with one attached hydrogen (secondary N) is 1. The Hall–Kier alpha value is -3.27. The third kappa shape index (κ3) is 4.71. The van der Waals surface area contributed by atoms with Crippen LogP contribution in [-0.4, -0.2) is 19.0 Å². The zero-order valence-electron chi connectivity index (χ0n) is 15.0. The minimum atomic E-state index is -4.51. The fourth-order valence-corrected chi connectivity index (χ4v) is 3.04. The van der Waals surface area contributed by atoms with Gasteiger partial charge in [-0.25, -0.2) is 0 Å². The van der Waals surface area contributed by atoms with Gasteiger partial charge in [-0.05, 0) is 54.8 Å². The van der Waals surface area contributed by atoms with Crippen LogP contribution < -0.4 is 10.2 Å². The van der Waals surface area contributed by atoms with E-state index in [1.165, 1.54) is 18.2 Å². The number of carbonyl (C=O) groups excluding carboxylic acids is 1. The molecule has 0 saturated carbocycles. The van der Waals surface area contributed by atoms with Crippen molar-refractivity contribution >= 4 is 23.4 Å². The molecule has 28 heavy (non-hydrogen) atoms. The van der Waals surface area contributed by atoms with E-state index in [-0.39, 0.29) is 11.3 Å². The Morgan fingerprint density at radius 3 is 2.39 bits per heavy atom. The Bertz CT molecular complexity index is 921. The van der Waals surface area contributed by atoms with E-state index in [0.29, 0.717) is 5.56 Å². The summed E-state index contributed by atoms with van der Waals surface area (Å²) in [5, 5.41) is 11.6. The average molecular weight is 385 g/mol. The number of nitrogens with zero attached hydrogens (tertiary/aromatic N) is 2. The highest BCUT2D eigenvalue weighted by atomic mass is 19.4. The number of nitriles is 1. The second-order valence-corrected chi connectivity index (χ2v) is 6.49. The van der Waals surface area contributed by atoms with Crippen molar-refractivity contribution in [2.45, 2.75) is 19.0 Å². The van der Waals surface area contributed by atoms with Gasteiger partial charge in [-0.3, -0.25) is 4.79 Å². The fourth-order valence-electron chi connectivity index (χ4n) is 3.04. The largest absolute Gasteiger partial charge is 0.416 e. The second kappa shape index (κ2) is 8.17. The summed E-state index contributed by atoms with van der Waals surface area (Å²) in [6, 6.07) is 13.6. The molecule has 4 nitrogen and oxygen atoms in total. The van der Waals surface area contributed by atoms with E-state index in [9.17, 15) is 23.2 Å². The van der Waals surface area contributed by atoms with Gasteiger partial charge in [0.2, 0.25) is 0 Å². The van der Waals surface area contributed by atoms with E-state index >= 15 is 0 Å². The Balaban J connectivity index is 1.74. The maximum absolute atomic E-state index is 12.8. The number of alkyl halides is 3. The van der Waals surface area contributed by atoms with E-state index < -0.39 is 17.6 Å². The van der Waals surface area contributed by atoms with Gasteiger partial charge in [0.05, 0.1) is 5.56 Å². The second-order valence-electron chi connectivity index (χ2n) is 6.49. The van der Waals surface area contributed by atoms with Crippen LogP contribution in [0.3, 0.4) is 0 Å². The first-order valence-electron chi connectivity index (χ1n) is 8.82. The van der Waals surface area contributed by atoms with Crippen molar-refractivity contribution in [1.29, 1.82) is 5.26 Å². The van der Waals surface area contributed by atoms with E-state index in [1.54, 1.807) is 6.07 Å². The van der Waals surface area contributed by atoms with Gasteiger partial charge in [0.1, 0.15) is 11.6 Å². The molecular weight excluding hydrogens is 367 g/mol. The van der Waals surface area contributed by atoms with Crippen LogP contribution in [0, 0.1) is 11.3 Å². The summed E-state index contributed by atoms with van der Waals surface area (Å²) in [4.78, 5) is 14.6. The van der Waals surface area contributed by atoms with Crippen molar-refractivity contribution < 1.29 is 18.0 Å². The highest BCUT2D eigenvalue weighted by Gasteiger charge is 2.30. The first kappa shape index (κ1) is 19.5. The molecule has 0 atom stereocenters. The van der Waals surface area contributed by atoms with Crippen molar-refractivity contribution in [3.63, 3.8) is 0 Å². The lowest BCUT2D eigenvalue weighted by atomic mass is 10.1. The van der Waals surface area contributed by atoms with Crippen LogP contribution in [0.5, 0.6) is 0 Å². The van der Waals surface area contributed by atoms with Gasteiger partial charge in [-0.1, -0.05) is 18.2 Å². The minimum Gasteiger partial charge on any atom is -0.372 e. The normalized spacial score (nSPS) is 14.6. The monoisotopic (exact) mass is 385 g/mol. The molecule has 1 amide bonds. The highest BCUT2D eigenvalue weighted by Crippen LogP contribution is 2.30. The van der Waals surface area contributed by atoms with Crippen LogP contribution in [0.2, 0.25) is 0 Å². The lowest BCUT2D eigenvalue weighted by molar-refractivity contribution is -0.137. The summed E-state index contributed by atoms with van der Waals surface area (Å²) < 4.78 is 38.3. The van der Waals surface area contributed by atoms with Crippen molar-refractivity contribution in [3.05, 3.63) is 65.2 Å². The Labute approximate surface area is 160 Å². The molecule has 0 aliphatic carbocycles. The number of benzene rings is 2. The maximum atomic E-state index is 12.8. The average Bonchev–Trinajstić information content (AvgIpc) is 3.21. The van der Waals surface area contributed by atoms with Crippen LogP contribution in [0.4, 0.5) is 24.5 Å². The van der Waals surface area contributed by atoms with Crippen LogP contribution in [0.25, 0.3) is 6.08 Å². The predicted octanol–water partition coefficient (Wildman–Crippen LogP) is 4.85. The first-order valence-corrected chi connectivity index (χ1v) is 8.82. The summed E-state index contributed by atoms with van der Waals surface area (Å²) in [6.07, 6.45) is -0.770. The van der Waals surface area contributed by atoms with Crippen LogP contribution in [0.1, 0.15) is 24.0 Å². The van der Waals surface area contributed by atoms with Gasteiger partial charge < -0.3 is 10.2 Å². The number of anilines is 2. The third-order valence-electron chi connectivity index (χ3n) is 4.49. The topological polar surface area (TPSA) is 56.1 Å². The molecular formula is C21H18F3N3O. The molecule has 0 unspecified atom stereocenters. The number of halogens is 3. The standard InChI is InChI=1S/C21H18F3N3O/c22-21(23,24)17-4-3-5-18(13-17)26-20(28)16(14-25)12-15-6-8-19(9-7-15)27-10-1-2-11-27/h3-9,12-13H,1-2,10-11H2,(H,26,28)/b16-12+. The zero-order valence-corrected chi connectivity index (χ0v) is 15.0. The zero-order chi connectivity index (χ0) is 20.1. The molecule has 0 radical (unpaired) electrons. The number of carbonyl (C=O) groups is 1. The summed E-state index contributed by atoms with van der Waals surface area (Å²) in [5.74, 6) is -0.759. The molecule has 0 bridgehead atoms. The molecule has 144 valence electrons. The molecule has 1 aliphatic rings. The van der Waals surface area contributed by atoms with Crippen molar-refractivity contribution in [3.8, 4) is 6.07 Å². The van der Waals surface area contributed by atoms with Crippen LogP contribution >= 0.6 is 0 Å². The van der Waals surface area contributed by atoms with Gasteiger partial charge in [-0.15, -0.1) is 0 Å². The summed E-state index contributed by atoms with van der Waals surface area (Å²) >= 11 is 0. The molecule has 1 heterocycles. The fraction of sp³-hybridized carbons (Fsp3) is 0.238. The molecule has 2 aromatic rings. The quantitative estimate of drug-likeness (QED) is 0.605. The molecule has 0 aromatic heterocycles. The molecule has 1 N–H and O–H groups in total. The number of hydrogen-bond donors (Lipinski definition) is 1. The van der Waals surface area contributed by atoms with E-state index in [0.717, 1.165) is 43.8 Å². The molecule has 1 saturated heterocycles. The van der Waals surface area contributed by atoms with E-state index in [4.69, 9.17) is 0 Å². The van der Waals surface area contributed by atoms with Gasteiger partial charge in [0.15, 0.2) is 0 Å². The number of amides is 1. The van der Waals surface area contributed by atoms with Gasteiger partial charge in [0.25, 0.3) is 5.91 Å². The van der Waals surface area contributed by atoms with E-state index in [1.807, 2.05) is 24.3 Å². The minimum absolute atomic E-state index is 0.0228. The van der Waals surface area contributed by atoms with Crippen molar-refractivity contribution in [1.82, 2.24) is 0 Å². The summed E-state index contributed by atoms with van der Waals surface area (Å²) in [5.41, 5.74) is 0.669. The first-order chi connectivity index (χ1) is 13.4. The third-order valence-corrected chi connectivity index (χ3v) is 4.49. The van der Waals surface area contributed by atoms with Crippen molar-refractivity contribution in [2.24, 2.45) is 0 Å². The molecule has 2 aromatic carbocycles. The van der Waals surface area contributed by atoms with E-state index in [2.05, 4.69) is 10.2 Å². The SMILES string of the molecule is N#C/C(=C\c1ccc(N2CCCC2)cc1)C(=O)Nc1cccc(C(F)(F)F)c1. The predicted molar refractivity (Wildman–Crippen MR) is 102 cm³/mol. The molecule has 1 aliphatic heterocycles. The molecule has 3 rings (SSSR count). The summed E-state index contributed by atoms with van der Waals surface area (Å²) in [6.45, 7) is 2.02.